The van der Waals surface area contributed by atoms with Gasteiger partial charge in [-0.25, -0.2) is 9.59 Å². The first-order valence-corrected chi connectivity index (χ1v) is 11.8. The van der Waals surface area contributed by atoms with E-state index in [1.54, 1.807) is 31.5 Å². The maximum atomic E-state index is 12.5. The number of nitrogens with zero attached hydrogens (tertiary/aromatic N) is 2. The van der Waals surface area contributed by atoms with Crippen molar-refractivity contribution < 1.29 is 19.1 Å². The summed E-state index contributed by atoms with van der Waals surface area (Å²) >= 11 is 12.4. The molecule has 11 heteroatoms. The lowest BCUT2D eigenvalue weighted by molar-refractivity contribution is 0.0527. The maximum absolute atomic E-state index is 12.5. The number of ether oxygens (including phenoxy) is 2. The Hall–Kier alpha value is -2.95. The van der Waals surface area contributed by atoms with Gasteiger partial charge in [-0.05, 0) is 56.2 Å². The molecule has 0 amide bonds. The number of esters is 2. The van der Waals surface area contributed by atoms with Gasteiger partial charge in [0.05, 0.1) is 25.3 Å². The van der Waals surface area contributed by atoms with Crippen molar-refractivity contribution in [2.75, 3.05) is 23.8 Å². The van der Waals surface area contributed by atoms with Crippen LogP contribution in [0.25, 0.3) is 0 Å². The molecule has 0 aliphatic rings. The van der Waals surface area contributed by atoms with Gasteiger partial charge in [0.25, 0.3) is 0 Å². The molecule has 8 nitrogen and oxygen atoms in total. The van der Waals surface area contributed by atoms with Crippen molar-refractivity contribution in [3.63, 3.8) is 0 Å². The smallest absolute Gasteiger partial charge is 0.348 e. The molecule has 0 unspecified atom stereocenters. The summed E-state index contributed by atoms with van der Waals surface area (Å²) in [5.41, 5.74) is 1.78. The van der Waals surface area contributed by atoms with E-state index < -0.39 is 11.9 Å². The zero-order valence-electron chi connectivity index (χ0n) is 18.3. The van der Waals surface area contributed by atoms with Gasteiger partial charge in [-0.1, -0.05) is 23.7 Å². The quantitative estimate of drug-likeness (QED) is 0.321. The van der Waals surface area contributed by atoms with E-state index in [1.165, 1.54) is 0 Å². The van der Waals surface area contributed by atoms with Gasteiger partial charge in [0.2, 0.25) is 0 Å². The fourth-order valence-electron chi connectivity index (χ4n) is 2.99. The summed E-state index contributed by atoms with van der Waals surface area (Å²) in [4.78, 5) is 25.1. The highest BCUT2D eigenvalue weighted by molar-refractivity contribution is 7.80. The number of thiophene rings is 1. The predicted octanol–water partition coefficient (Wildman–Crippen LogP) is 5.12. The predicted molar refractivity (Wildman–Crippen MR) is 134 cm³/mol. The van der Waals surface area contributed by atoms with Crippen LogP contribution in [0.1, 0.15) is 45.0 Å². The third-order valence-electron chi connectivity index (χ3n) is 4.45. The average molecular weight is 507 g/mol. The largest absolute Gasteiger partial charge is 0.462 e. The van der Waals surface area contributed by atoms with E-state index >= 15 is 0 Å². The molecule has 33 heavy (non-hydrogen) atoms. The topological polar surface area (TPSA) is 94.5 Å². The fourth-order valence-corrected chi connectivity index (χ4v) is 4.48. The Balaban J connectivity index is 1.73. The Bertz CT molecular complexity index is 1160. The maximum Gasteiger partial charge on any atom is 0.348 e. The second kappa shape index (κ2) is 11.3. The SMILES string of the molecule is CCOC(=O)c1sc(NC(=S)Nc2ccn(Cc3ccc(Cl)cc3)n2)c(C(=O)OCC)c1C. The summed E-state index contributed by atoms with van der Waals surface area (Å²) in [6, 6.07) is 9.29. The zero-order valence-corrected chi connectivity index (χ0v) is 20.7. The molecular formula is C22H23ClN4O4S2. The average Bonchev–Trinajstić information content (AvgIpc) is 3.33. The van der Waals surface area contributed by atoms with E-state index in [0.717, 1.165) is 16.9 Å². The van der Waals surface area contributed by atoms with Gasteiger partial charge < -0.3 is 20.1 Å². The van der Waals surface area contributed by atoms with Crippen molar-refractivity contribution >= 4 is 63.0 Å². The summed E-state index contributed by atoms with van der Waals surface area (Å²) in [5.74, 6) is -0.518. The number of anilines is 2. The normalized spacial score (nSPS) is 10.5. The third kappa shape index (κ3) is 6.31. The number of carbonyl (C=O) groups is 2. The van der Waals surface area contributed by atoms with E-state index in [9.17, 15) is 9.59 Å². The summed E-state index contributed by atoms with van der Waals surface area (Å²) in [7, 11) is 0. The van der Waals surface area contributed by atoms with Crippen LogP contribution < -0.4 is 10.6 Å². The zero-order chi connectivity index (χ0) is 24.0. The molecule has 0 atom stereocenters. The first kappa shape index (κ1) is 24.7. The first-order valence-electron chi connectivity index (χ1n) is 10.2. The first-order chi connectivity index (χ1) is 15.8. The number of nitrogens with one attached hydrogen (secondary N) is 2. The highest BCUT2D eigenvalue weighted by Gasteiger charge is 2.27. The Morgan fingerprint density at radius 1 is 1.09 bits per heavy atom. The van der Waals surface area contributed by atoms with Crippen LogP contribution in [-0.2, 0) is 16.0 Å². The lowest BCUT2D eigenvalue weighted by Crippen LogP contribution is -2.20. The second-order valence-electron chi connectivity index (χ2n) is 6.81. The van der Waals surface area contributed by atoms with Crippen molar-refractivity contribution in [3.8, 4) is 0 Å². The van der Waals surface area contributed by atoms with Gasteiger partial charge in [0.15, 0.2) is 10.9 Å². The minimum Gasteiger partial charge on any atom is -0.462 e. The minimum absolute atomic E-state index is 0.204. The number of hydrogen-bond acceptors (Lipinski definition) is 7. The third-order valence-corrected chi connectivity index (χ3v) is 6.10. The Kier molecular flexibility index (Phi) is 8.43. The lowest BCUT2D eigenvalue weighted by Gasteiger charge is -2.09. The minimum atomic E-state index is -0.542. The van der Waals surface area contributed by atoms with Crippen molar-refractivity contribution in [1.82, 2.24) is 9.78 Å². The molecule has 1 aromatic carbocycles. The molecule has 0 fully saturated rings. The van der Waals surface area contributed by atoms with Crippen molar-refractivity contribution in [3.05, 3.63) is 63.1 Å². The molecule has 2 heterocycles. The molecule has 3 aromatic rings. The number of halogens is 1. The van der Waals surface area contributed by atoms with E-state index in [-0.39, 0.29) is 23.9 Å². The molecule has 0 saturated heterocycles. The monoisotopic (exact) mass is 506 g/mol. The van der Waals surface area contributed by atoms with Crippen LogP contribution >= 0.6 is 35.2 Å². The summed E-state index contributed by atoms with van der Waals surface area (Å²) in [6.45, 7) is 6.11. The van der Waals surface area contributed by atoms with E-state index in [0.29, 0.717) is 32.8 Å². The van der Waals surface area contributed by atoms with Gasteiger partial charge >= 0.3 is 11.9 Å². The molecule has 0 bridgehead atoms. The highest BCUT2D eigenvalue weighted by Crippen LogP contribution is 2.34. The Labute approximate surface area is 205 Å². The van der Waals surface area contributed by atoms with Crippen LogP contribution in [0.3, 0.4) is 0 Å². The standard InChI is InChI=1S/C22H23ClN4O4S2/c1-4-30-20(28)17-13(3)18(21(29)31-5-2)33-19(17)25-22(32)24-16-10-11-27(26-16)12-14-6-8-15(23)9-7-14/h6-11H,4-5,12H2,1-3H3,(H2,24,25,26,32). The number of benzene rings is 1. The van der Waals surface area contributed by atoms with Crippen LogP contribution in [0.4, 0.5) is 10.8 Å². The molecule has 3 rings (SSSR count). The molecular weight excluding hydrogens is 484 g/mol. The lowest BCUT2D eigenvalue weighted by atomic mass is 10.1. The van der Waals surface area contributed by atoms with E-state index in [2.05, 4.69) is 15.7 Å². The van der Waals surface area contributed by atoms with E-state index in [4.69, 9.17) is 33.3 Å². The van der Waals surface area contributed by atoms with Gasteiger partial charge in [-0.3, -0.25) is 4.68 Å². The highest BCUT2D eigenvalue weighted by atomic mass is 35.5. The van der Waals surface area contributed by atoms with Crippen LogP contribution in [-0.4, -0.2) is 40.0 Å². The summed E-state index contributed by atoms with van der Waals surface area (Å²) in [6.07, 6.45) is 1.82. The number of aromatic nitrogens is 2. The molecule has 2 aromatic heterocycles. The van der Waals surface area contributed by atoms with Crippen molar-refractivity contribution in [2.45, 2.75) is 27.3 Å². The molecule has 0 spiro atoms. The molecule has 2 N–H and O–H groups in total. The molecule has 0 aliphatic carbocycles. The van der Waals surface area contributed by atoms with Crippen molar-refractivity contribution in [2.24, 2.45) is 0 Å². The van der Waals surface area contributed by atoms with Gasteiger partial charge in [-0.15, -0.1) is 11.3 Å². The second-order valence-corrected chi connectivity index (χ2v) is 8.67. The van der Waals surface area contributed by atoms with Gasteiger partial charge in [0, 0.05) is 17.3 Å². The van der Waals surface area contributed by atoms with Crippen LogP contribution in [0.2, 0.25) is 5.02 Å². The number of hydrogen-bond donors (Lipinski definition) is 2. The van der Waals surface area contributed by atoms with Gasteiger partial charge in [-0.2, -0.15) is 5.10 Å². The molecule has 174 valence electrons. The Morgan fingerprint density at radius 3 is 2.42 bits per heavy atom. The number of thiocarbonyl (C=S) groups is 1. The Morgan fingerprint density at radius 2 is 1.76 bits per heavy atom. The van der Waals surface area contributed by atoms with Crippen molar-refractivity contribution in [1.29, 1.82) is 0 Å². The number of rotatable bonds is 8. The van der Waals surface area contributed by atoms with Crippen LogP contribution in [0, 0.1) is 6.92 Å². The van der Waals surface area contributed by atoms with E-state index in [1.807, 2.05) is 30.5 Å². The fraction of sp³-hybridized carbons (Fsp3) is 0.273. The van der Waals surface area contributed by atoms with Crippen LogP contribution in [0.15, 0.2) is 36.5 Å². The van der Waals surface area contributed by atoms with Gasteiger partial charge in [0.1, 0.15) is 9.88 Å². The summed E-state index contributed by atoms with van der Waals surface area (Å²) in [5, 5.41) is 11.7. The molecule has 0 aliphatic heterocycles. The van der Waals surface area contributed by atoms with Crippen LogP contribution in [0.5, 0.6) is 0 Å². The number of carbonyl (C=O) groups excluding carboxylic acids is 2. The molecule has 0 saturated carbocycles. The summed E-state index contributed by atoms with van der Waals surface area (Å²) < 4.78 is 12.0. The molecule has 0 radical (unpaired) electrons.